The molecule has 0 aliphatic carbocycles. The number of aryl methyl sites for hydroxylation is 2. The fourth-order valence-electron chi connectivity index (χ4n) is 2.18. The molecule has 0 spiro atoms. The van der Waals surface area contributed by atoms with Gasteiger partial charge < -0.3 is 10.5 Å². The number of ketones is 1. The fourth-order valence-corrected chi connectivity index (χ4v) is 2.18. The highest BCUT2D eigenvalue weighted by Crippen LogP contribution is 2.27. The lowest BCUT2D eigenvalue weighted by atomic mass is 9.95. The van der Waals surface area contributed by atoms with Crippen molar-refractivity contribution in [2.45, 2.75) is 20.8 Å². The lowest BCUT2D eigenvalue weighted by Crippen LogP contribution is -2.08. The van der Waals surface area contributed by atoms with E-state index in [9.17, 15) is 4.79 Å². The molecule has 3 heteroatoms. The number of nitrogens with two attached hydrogens (primary N) is 1. The second kappa shape index (κ2) is 5.37. The van der Waals surface area contributed by atoms with Crippen molar-refractivity contribution in [1.29, 1.82) is 0 Å². The first kappa shape index (κ1) is 14.1. The summed E-state index contributed by atoms with van der Waals surface area (Å²) in [5.74, 6) is 0.537. The molecule has 0 amide bonds. The summed E-state index contributed by atoms with van der Waals surface area (Å²) in [6, 6.07) is 9.15. The highest BCUT2D eigenvalue weighted by atomic mass is 16.5. The van der Waals surface area contributed by atoms with Crippen LogP contribution in [0, 0.1) is 20.8 Å². The number of hydrogen-bond acceptors (Lipinski definition) is 3. The number of carbonyl (C=O) groups excluding carboxylic acids is 1. The summed E-state index contributed by atoms with van der Waals surface area (Å²) in [6.45, 7) is 5.84. The predicted octanol–water partition coefficient (Wildman–Crippen LogP) is 3.43. The third kappa shape index (κ3) is 2.39. The van der Waals surface area contributed by atoms with Gasteiger partial charge in [-0.2, -0.15) is 0 Å². The number of carbonyl (C=O) groups is 1. The average molecular weight is 269 g/mol. The van der Waals surface area contributed by atoms with E-state index in [1.165, 1.54) is 0 Å². The van der Waals surface area contributed by atoms with E-state index in [2.05, 4.69) is 0 Å². The van der Waals surface area contributed by atoms with Crippen molar-refractivity contribution >= 4 is 11.5 Å². The van der Waals surface area contributed by atoms with Crippen LogP contribution in [0.5, 0.6) is 5.75 Å². The molecule has 0 saturated carbocycles. The Morgan fingerprint density at radius 1 is 1.05 bits per heavy atom. The Morgan fingerprint density at radius 3 is 2.35 bits per heavy atom. The second-order valence-corrected chi connectivity index (χ2v) is 4.99. The predicted molar refractivity (Wildman–Crippen MR) is 81.5 cm³/mol. The van der Waals surface area contributed by atoms with E-state index in [-0.39, 0.29) is 5.78 Å². The number of methoxy groups -OCH3 is 1. The topological polar surface area (TPSA) is 52.3 Å². The zero-order chi connectivity index (χ0) is 14.9. The first-order valence-electron chi connectivity index (χ1n) is 6.50. The molecule has 0 aromatic heterocycles. The van der Waals surface area contributed by atoms with Crippen LogP contribution >= 0.6 is 0 Å². The average Bonchev–Trinajstić information content (AvgIpc) is 2.43. The van der Waals surface area contributed by atoms with Gasteiger partial charge in [-0.15, -0.1) is 0 Å². The minimum Gasteiger partial charge on any atom is -0.496 e. The number of rotatable bonds is 3. The van der Waals surface area contributed by atoms with Crippen molar-refractivity contribution < 1.29 is 9.53 Å². The van der Waals surface area contributed by atoms with Gasteiger partial charge in [0, 0.05) is 11.3 Å². The maximum Gasteiger partial charge on any atom is 0.197 e. The molecule has 0 unspecified atom stereocenters. The molecule has 0 fully saturated rings. The van der Waals surface area contributed by atoms with Gasteiger partial charge in [0.25, 0.3) is 0 Å². The minimum absolute atomic E-state index is 0.0604. The molecule has 0 aliphatic rings. The summed E-state index contributed by atoms with van der Waals surface area (Å²) in [6.07, 6.45) is 0. The van der Waals surface area contributed by atoms with Crippen molar-refractivity contribution in [2.24, 2.45) is 0 Å². The summed E-state index contributed by atoms with van der Waals surface area (Å²) >= 11 is 0. The van der Waals surface area contributed by atoms with Gasteiger partial charge in [-0.3, -0.25) is 4.79 Å². The van der Waals surface area contributed by atoms with E-state index in [0.29, 0.717) is 22.6 Å². The molecule has 104 valence electrons. The Morgan fingerprint density at radius 2 is 1.70 bits per heavy atom. The molecule has 2 aromatic rings. The zero-order valence-electron chi connectivity index (χ0n) is 12.3. The third-order valence-corrected chi connectivity index (χ3v) is 3.68. The largest absolute Gasteiger partial charge is 0.496 e. The van der Waals surface area contributed by atoms with Crippen LogP contribution in [0.2, 0.25) is 0 Å². The molecule has 0 heterocycles. The molecule has 3 nitrogen and oxygen atoms in total. The maximum atomic E-state index is 12.7. The van der Waals surface area contributed by atoms with Gasteiger partial charge in [-0.1, -0.05) is 12.1 Å². The zero-order valence-corrected chi connectivity index (χ0v) is 12.3. The van der Waals surface area contributed by atoms with E-state index < -0.39 is 0 Å². The smallest absolute Gasteiger partial charge is 0.197 e. The van der Waals surface area contributed by atoms with Crippen molar-refractivity contribution in [2.75, 3.05) is 12.8 Å². The van der Waals surface area contributed by atoms with E-state index in [1.807, 2.05) is 32.9 Å². The first-order valence-corrected chi connectivity index (χ1v) is 6.50. The minimum atomic E-state index is -0.0604. The monoisotopic (exact) mass is 269 g/mol. The van der Waals surface area contributed by atoms with Crippen LogP contribution in [0.3, 0.4) is 0 Å². The van der Waals surface area contributed by atoms with E-state index in [0.717, 1.165) is 16.7 Å². The second-order valence-electron chi connectivity index (χ2n) is 4.99. The summed E-state index contributed by atoms with van der Waals surface area (Å²) in [5.41, 5.74) is 10.7. The molecule has 0 atom stereocenters. The quantitative estimate of drug-likeness (QED) is 0.686. The highest BCUT2D eigenvalue weighted by molar-refractivity contribution is 6.12. The Labute approximate surface area is 119 Å². The standard InChI is InChI=1S/C17H19NO2/c1-10-8-14(16(20-4)9-11(10)2)17(19)13-6-5-7-15(18)12(13)3/h5-9H,18H2,1-4H3. The normalized spacial score (nSPS) is 10.4. The summed E-state index contributed by atoms with van der Waals surface area (Å²) in [4.78, 5) is 12.7. The molecule has 0 bridgehead atoms. The van der Waals surface area contributed by atoms with Gasteiger partial charge in [0.2, 0.25) is 0 Å². The van der Waals surface area contributed by atoms with Crippen molar-refractivity contribution in [3.05, 3.63) is 58.1 Å². The maximum absolute atomic E-state index is 12.7. The SMILES string of the molecule is COc1cc(C)c(C)cc1C(=O)c1cccc(N)c1C. The van der Waals surface area contributed by atoms with Crippen LogP contribution < -0.4 is 10.5 Å². The van der Waals surface area contributed by atoms with Crippen LogP contribution in [0.25, 0.3) is 0 Å². The fraction of sp³-hybridized carbons (Fsp3) is 0.235. The molecule has 2 aromatic carbocycles. The first-order chi connectivity index (χ1) is 9.45. The molecule has 2 N–H and O–H groups in total. The number of benzene rings is 2. The molecule has 2 rings (SSSR count). The van der Waals surface area contributed by atoms with Gasteiger partial charge in [-0.05, 0) is 55.7 Å². The van der Waals surface area contributed by atoms with E-state index in [1.54, 1.807) is 25.3 Å². The van der Waals surface area contributed by atoms with Gasteiger partial charge in [0.1, 0.15) is 5.75 Å². The molecule has 0 aliphatic heterocycles. The van der Waals surface area contributed by atoms with E-state index >= 15 is 0 Å². The number of nitrogen functional groups attached to an aromatic ring is 1. The lowest BCUT2D eigenvalue weighted by Gasteiger charge is -2.13. The Bertz CT molecular complexity index is 675. The summed E-state index contributed by atoms with van der Waals surface area (Å²) in [5, 5.41) is 0. The lowest BCUT2D eigenvalue weighted by molar-refractivity contribution is 0.103. The van der Waals surface area contributed by atoms with E-state index in [4.69, 9.17) is 10.5 Å². The number of anilines is 1. The third-order valence-electron chi connectivity index (χ3n) is 3.68. The van der Waals surface area contributed by atoms with Crippen molar-refractivity contribution in [3.63, 3.8) is 0 Å². The van der Waals surface area contributed by atoms with Crippen molar-refractivity contribution in [3.8, 4) is 5.75 Å². The summed E-state index contributed by atoms with van der Waals surface area (Å²) in [7, 11) is 1.58. The summed E-state index contributed by atoms with van der Waals surface area (Å²) < 4.78 is 5.34. The molecule has 0 radical (unpaired) electrons. The van der Waals surface area contributed by atoms with Crippen LogP contribution in [0.1, 0.15) is 32.6 Å². The van der Waals surface area contributed by atoms with Crippen LogP contribution in [-0.2, 0) is 0 Å². The van der Waals surface area contributed by atoms with Crippen LogP contribution in [0.4, 0.5) is 5.69 Å². The molecular formula is C17H19NO2. The van der Waals surface area contributed by atoms with Gasteiger partial charge in [-0.25, -0.2) is 0 Å². The molecular weight excluding hydrogens is 250 g/mol. The number of ether oxygens (including phenoxy) is 1. The van der Waals surface area contributed by atoms with Crippen LogP contribution in [0.15, 0.2) is 30.3 Å². The number of hydrogen-bond donors (Lipinski definition) is 1. The molecule has 20 heavy (non-hydrogen) atoms. The van der Waals surface area contributed by atoms with Crippen LogP contribution in [-0.4, -0.2) is 12.9 Å². The van der Waals surface area contributed by atoms with Crippen molar-refractivity contribution in [1.82, 2.24) is 0 Å². The Kier molecular flexibility index (Phi) is 3.79. The van der Waals surface area contributed by atoms with Gasteiger partial charge >= 0.3 is 0 Å². The molecule has 0 saturated heterocycles. The van der Waals surface area contributed by atoms with Gasteiger partial charge in [0.05, 0.1) is 12.7 Å². The highest BCUT2D eigenvalue weighted by Gasteiger charge is 2.18. The Balaban J connectivity index is 2.59. The Hall–Kier alpha value is -2.29. The van der Waals surface area contributed by atoms with Gasteiger partial charge in [0.15, 0.2) is 5.78 Å².